The molecule has 0 bridgehead atoms. The Bertz CT molecular complexity index is 538. The maximum absolute atomic E-state index is 12.1. The molecule has 0 aliphatic carbocycles. The summed E-state index contributed by atoms with van der Waals surface area (Å²) < 4.78 is 0. The Morgan fingerprint density at radius 3 is 2.76 bits per heavy atom. The lowest BCUT2D eigenvalue weighted by Crippen LogP contribution is -2.42. The van der Waals surface area contributed by atoms with Crippen LogP contribution in [-0.2, 0) is 9.63 Å². The first-order valence-electron chi connectivity index (χ1n) is 5.21. The van der Waals surface area contributed by atoms with Crippen LogP contribution in [-0.4, -0.2) is 28.9 Å². The van der Waals surface area contributed by atoms with Crippen molar-refractivity contribution in [3.8, 4) is 0 Å². The first kappa shape index (κ1) is 10.0. The van der Waals surface area contributed by atoms with Crippen molar-refractivity contribution < 1.29 is 14.4 Å². The molecule has 0 N–H and O–H groups in total. The molecule has 0 saturated carbocycles. The van der Waals surface area contributed by atoms with Crippen LogP contribution >= 0.6 is 0 Å². The molecule has 0 fully saturated rings. The first-order valence-corrected chi connectivity index (χ1v) is 5.21. The van der Waals surface area contributed by atoms with Crippen molar-refractivity contribution in [2.75, 3.05) is 7.11 Å². The largest absolute Gasteiger partial charge is 0.287 e. The van der Waals surface area contributed by atoms with E-state index in [9.17, 15) is 9.59 Å². The Kier molecular flexibility index (Phi) is 2.02. The number of carbonyl (C=O) groups excluding carboxylic acids is 2. The van der Waals surface area contributed by atoms with Crippen LogP contribution in [0, 0.1) is 0 Å². The molecule has 3 rings (SSSR count). The molecule has 2 aliphatic heterocycles. The zero-order valence-electron chi connectivity index (χ0n) is 9.16. The lowest BCUT2D eigenvalue weighted by molar-refractivity contribution is -0.198. The monoisotopic (exact) mass is 230 g/mol. The van der Waals surface area contributed by atoms with Crippen LogP contribution in [0.15, 0.2) is 36.5 Å². The van der Waals surface area contributed by atoms with E-state index in [1.807, 2.05) is 12.1 Å². The number of hydroxylamine groups is 2. The smallest absolute Gasteiger partial charge is 0.273 e. The van der Waals surface area contributed by atoms with Gasteiger partial charge in [-0.1, -0.05) is 18.2 Å². The summed E-state index contributed by atoms with van der Waals surface area (Å²) in [6, 6.07) is 7.22. The molecule has 1 aromatic carbocycles. The SMILES string of the molecule is CON1C(=O)C=CN2C(=O)c3ccccc3[C@@H]21. The van der Waals surface area contributed by atoms with Gasteiger partial charge in [-0.3, -0.25) is 19.3 Å². The predicted molar refractivity (Wildman–Crippen MR) is 58.3 cm³/mol. The Morgan fingerprint density at radius 2 is 2.00 bits per heavy atom. The van der Waals surface area contributed by atoms with Crippen molar-refractivity contribution in [1.82, 2.24) is 9.96 Å². The quantitative estimate of drug-likeness (QED) is 0.724. The highest BCUT2D eigenvalue weighted by Crippen LogP contribution is 2.38. The summed E-state index contributed by atoms with van der Waals surface area (Å²) in [6.45, 7) is 0. The van der Waals surface area contributed by atoms with E-state index in [0.717, 1.165) is 5.56 Å². The molecule has 1 atom stereocenters. The van der Waals surface area contributed by atoms with Crippen molar-refractivity contribution in [1.29, 1.82) is 0 Å². The van der Waals surface area contributed by atoms with Crippen molar-refractivity contribution in [3.05, 3.63) is 47.7 Å². The maximum Gasteiger partial charge on any atom is 0.273 e. The summed E-state index contributed by atoms with van der Waals surface area (Å²) in [7, 11) is 1.42. The van der Waals surface area contributed by atoms with E-state index >= 15 is 0 Å². The highest BCUT2D eigenvalue weighted by Gasteiger charge is 2.43. The van der Waals surface area contributed by atoms with E-state index in [-0.39, 0.29) is 11.8 Å². The van der Waals surface area contributed by atoms with Gasteiger partial charge in [0.1, 0.15) is 0 Å². The number of hydrogen-bond acceptors (Lipinski definition) is 3. The van der Waals surface area contributed by atoms with Gasteiger partial charge in [-0.25, -0.2) is 0 Å². The lowest BCUT2D eigenvalue weighted by atomic mass is 10.1. The third-order valence-corrected chi connectivity index (χ3v) is 2.98. The fraction of sp³-hybridized carbons (Fsp3) is 0.167. The second-order valence-corrected chi connectivity index (χ2v) is 3.84. The number of carbonyl (C=O) groups is 2. The molecule has 2 amide bonds. The van der Waals surface area contributed by atoms with E-state index in [2.05, 4.69) is 0 Å². The Morgan fingerprint density at radius 1 is 1.24 bits per heavy atom. The van der Waals surface area contributed by atoms with E-state index in [1.165, 1.54) is 29.3 Å². The minimum absolute atomic E-state index is 0.114. The molecule has 2 heterocycles. The zero-order chi connectivity index (χ0) is 12.0. The summed E-state index contributed by atoms with van der Waals surface area (Å²) in [4.78, 5) is 30.3. The highest BCUT2D eigenvalue weighted by atomic mass is 16.7. The first-order chi connectivity index (χ1) is 8.24. The van der Waals surface area contributed by atoms with E-state index in [0.29, 0.717) is 5.56 Å². The highest BCUT2D eigenvalue weighted by molar-refractivity contribution is 6.02. The van der Waals surface area contributed by atoms with Crippen LogP contribution < -0.4 is 0 Å². The van der Waals surface area contributed by atoms with Crippen LogP contribution in [0.5, 0.6) is 0 Å². The van der Waals surface area contributed by atoms with Gasteiger partial charge < -0.3 is 0 Å². The number of fused-ring (bicyclic) bond motifs is 3. The molecule has 86 valence electrons. The summed E-state index contributed by atoms with van der Waals surface area (Å²) in [5.74, 6) is -0.380. The Labute approximate surface area is 97.8 Å². The molecular formula is C12H10N2O3. The molecule has 2 aliphatic rings. The van der Waals surface area contributed by atoms with Gasteiger partial charge in [0, 0.05) is 23.4 Å². The minimum Gasteiger partial charge on any atom is -0.287 e. The average Bonchev–Trinajstić information content (AvgIpc) is 2.64. The number of amides is 2. The second-order valence-electron chi connectivity index (χ2n) is 3.84. The van der Waals surface area contributed by atoms with Crippen LogP contribution in [0.3, 0.4) is 0 Å². The van der Waals surface area contributed by atoms with Gasteiger partial charge in [-0.05, 0) is 6.07 Å². The Hall–Kier alpha value is -2.14. The second kappa shape index (κ2) is 3.43. The molecule has 5 nitrogen and oxygen atoms in total. The molecule has 5 heteroatoms. The van der Waals surface area contributed by atoms with Crippen molar-refractivity contribution in [2.24, 2.45) is 0 Å². The molecule has 0 aromatic heterocycles. The molecule has 0 unspecified atom stereocenters. The van der Waals surface area contributed by atoms with Crippen molar-refractivity contribution >= 4 is 11.8 Å². The molecule has 1 aromatic rings. The summed E-state index contributed by atoms with van der Waals surface area (Å²) >= 11 is 0. The van der Waals surface area contributed by atoms with Crippen molar-refractivity contribution in [3.63, 3.8) is 0 Å². The van der Waals surface area contributed by atoms with Gasteiger partial charge in [-0.2, -0.15) is 5.06 Å². The topological polar surface area (TPSA) is 49.9 Å². The van der Waals surface area contributed by atoms with Crippen molar-refractivity contribution in [2.45, 2.75) is 6.17 Å². The van der Waals surface area contributed by atoms with E-state index in [1.54, 1.807) is 12.1 Å². The fourth-order valence-electron chi connectivity index (χ4n) is 2.23. The summed E-state index contributed by atoms with van der Waals surface area (Å²) in [5.41, 5.74) is 1.40. The maximum atomic E-state index is 12.1. The van der Waals surface area contributed by atoms with Gasteiger partial charge >= 0.3 is 0 Å². The molecule has 0 saturated heterocycles. The third-order valence-electron chi connectivity index (χ3n) is 2.98. The number of benzene rings is 1. The molecule has 17 heavy (non-hydrogen) atoms. The van der Waals surface area contributed by atoms with Gasteiger partial charge in [-0.15, -0.1) is 0 Å². The van der Waals surface area contributed by atoms with Crippen LogP contribution in [0.2, 0.25) is 0 Å². The van der Waals surface area contributed by atoms with E-state index < -0.39 is 6.17 Å². The summed E-state index contributed by atoms with van der Waals surface area (Å²) in [5, 5.41) is 1.20. The van der Waals surface area contributed by atoms with Gasteiger partial charge in [0.2, 0.25) is 0 Å². The molecular weight excluding hydrogens is 220 g/mol. The molecule has 0 spiro atoms. The average molecular weight is 230 g/mol. The number of nitrogens with zero attached hydrogens (tertiary/aromatic N) is 2. The standard InChI is InChI=1S/C12H10N2O3/c1-17-14-10(15)6-7-13-11(14)8-4-2-3-5-9(8)12(13)16/h2-7,11H,1H3/t11-/m0/s1. The Balaban J connectivity index is 2.17. The number of rotatable bonds is 1. The van der Waals surface area contributed by atoms with E-state index in [4.69, 9.17) is 4.84 Å². The van der Waals surface area contributed by atoms with Crippen LogP contribution in [0.25, 0.3) is 0 Å². The van der Waals surface area contributed by atoms with Gasteiger partial charge in [0.15, 0.2) is 6.17 Å². The van der Waals surface area contributed by atoms with Crippen LogP contribution in [0.1, 0.15) is 22.1 Å². The normalized spacial score (nSPS) is 21.8. The summed E-state index contributed by atoms with van der Waals surface area (Å²) in [6.07, 6.45) is 2.34. The fourth-order valence-corrected chi connectivity index (χ4v) is 2.23. The number of hydrogen-bond donors (Lipinski definition) is 0. The predicted octanol–water partition coefficient (Wildman–Crippen LogP) is 1.06. The van der Waals surface area contributed by atoms with Gasteiger partial charge in [0.05, 0.1) is 7.11 Å². The lowest BCUT2D eigenvalue weighted by Gasteiger charge is -2.33. The third kappa shape index (κ3) is 1.23. The van der Waals surface area contributed by atoms with Gasteiger partial charge in [0.25, 0.3) is 11.8 Å². The zero-order valence-corrected chi connectivity index (χ0v) is 9.16. The molecule has 0 radical (unpaired) electrons. The minimum atomic E-state index is -0.485. The van der Waals surface area contributed by atoms with Crippen LogP contribution in [0.4, 0.5) is 0 Å².